The fraction of sp³-hybridized carbons (Fsp3) is 0.0714. The van der Waals surface area contributed by atoms with E-state index >= 15 is 4.39 Å². The molecule has 198 valence electrons. The number of hydrogen-bond acceptors (Lipinski definition) is 6. The predicted octanol–water partition coefficient (Wildman–Crippen LogP) is 4.09. The van der Waals surface area contributed by atoms with Crippen LogP contribution in [0.2, 0.25) is 5.02 Å². The fourth-order valence-electron chi connectivity index (χ4n) is 4.67. The van der Waals surface area contributed by atoms with E-state index in [0.29, 0.717) is 45.1 Å². The van der Waals surface area contributed by atoms with Gasteiger partial charge in [0.2, 0.25) is 5.91 Å². The summed E-state index contributed by atoms with van der Waals surface area (Å²) < 4.78 is 18.6. The van der Waals surface area contributed by atoms with Crippen LogP contribution in [0.5, 0.6) is 0 Å². The molecule has 3 heterocycles. The van der Waals surface area contributed by atoms with Crippen molar-refractivity contribution in [1.29, 1.82) is 0 Å². The van der Waals surface area contributed by atoms with Crippen molar-refractivity contribution in [1.82, 2.24) is 34.7 Å². The van der Waals surface area contributed by atoms with E-state index in [1.54, 1.807) is 36.4 Å². The van der Waals surface area contributed by atoms with Crippen LogP contribution in [0.4, 0.5) is 4.39 Å². The molecule has 1 atom stereocenters. The number of hydrogen-bond donors (Lipinski definition) is 2. The number of nitrogens with two attached hydrogens (primary N) is 1. The Morgan fingerprint density at radius 2 is 1.88 bits per heavy atom. The number of primary amides is 1. The van der Waals surface area contributed by atoms with Gasteiger partial charge < -0.3 is 15.3 Å². The van der Waals surface area contributed by atoms with Crippen molar-refractivity contribution in [2.45, 2.75) is 12.5 Å². The summed E-state index contributed by atoms with van der Waals surface area (Å²) in [5.74, 6) is -0.809. The third-order valence-electron chi connectivity index (χ3n) is 6.59. The maximum atomic E-state index is 15.9. The standard InChI is InChI=1S/C28H20ClFN8O2/c29-18-7-9-24(38-15-32-35-36-38)20(12-18)19-13-26(39)37(14-21(19)30)25(10-16-4-2-1-3-5-16)28-33-22-8-6-17(27(31)40)11-23(22)34-28/h1-9,11-15,25H,10H2,(H2,31,40)(H,33,34). The number of tetrazole rings is 1. The Labute approximate surface area is 230 Å². The van der Waals surface area contributed by atoms with Gasteiger partial charge in [0, 0.05) is 40.4 Å². The lowest BCUT2D eigenvalue weighted by Crippen LogP contribution is -2.28. The van der Waals surface area contributed by atoms with E-state index < -0.39 is 23.3 Å². The monoisotopic (exact) mass is 554 g/mol. The Morgan fingerprint density at radius 3 is 2.62 bits per heavy atom. The minimum absolute atomic E-state index is 0.0448. The van der Waals surface area contributed by atoms with Gasteiger partial charge in [0.15, 0.2) is 0 Å². The molecule has 12 heteroatoms. The molecule has 10 nitrogen and oxygen atoms in total. The highest BCUT2D eigenvalue weighted by molar-refractivity contribution is 6.31. The summed E-state index contributed by atoms with van der Waals surface area (Å²) >= 11 is 6.23. The second-order valence-electron chi connectivity index (χ2n) is 9.12. The Hall–Kier alpha value is -5.16. The van der Waals surface area contributed by atoms with Gasteiger partial charge in [-0.2, -0.15) is 4.68 Å². The molecule has 3 aromatic heterocycles. The van der Waals surface area contributed by atoms with Crippen LogP contribution in [0, 0.1) is 5.82 Å². The predicted molar refractivity (Wildman–Crippen MR) is 147 cm³/mol. The zero-order valence-electron chi connectivity index (χ0n) is 20.7. The summed E-state index contributed by atoms with van der Waals surface area (Å²) in [5.41, 5.74) is 8.18. The number of rotatable bonds is 7. The number of H-pyrrole nitrogens is 1. The number of imidazole rings is 1. The van der Waals surface area contributed by atoms with Crippen LogP contribution in [0.15, 0.2) is 90.1 Å². The molecular weight excluding hydrogens is 535 g/mol. The smallest absolute Gasteiger partial charge is 0.252 e. The SMILES string of the molecule is NC(=O)c1ccc2[nH]c(C(Cc3ccccc3)n3cc(F)c(-c4cc(Cl)ccc4-n4cnnn4)cc3=O)nc2c1. The zero-order valence-corrected chi connectivity index (χ0v) is 21.5. The second-order valence-corrected chi connectivity index (χ2v) is 9.56. The molecule has 0 aliphatic heterocycles. The lowest BCUT2D eigenvalue weighted by molar-refractivity contribution is 0.100. The Kier molecular flexibility index (Phi) is 6.40. The van der Waals surface area contributed by atoms with Gasteiger partial charge in [-0.1, -0.05) is 41.9 Å². The van der Waals surface area contributed by atoms with E-state index in [4.69, 9.17) is 17.3 Å². The number of aromatic nitrogens is 7. The highest BCUT2D eigenvalue weighted by Gasteiger charge is 2.23. The van der Waals surface area contributed by atoms with Gasteiger partial charge in [-0.15, -0.1) is 5.10 Å². The Balaban J connectivity index is 1.49. The van der Waals surface area contributed by atoms with Crippen molar-refractivity contribution in [3.05, 3.63) is 123 Å². The lowest BCUT2D eigenvalue weighted by Gasteiger charge is -2.19. The molecule has 0 radical (unpaired) electrons. The van der Waals surface area contributed by atoms with Crippen LogP contribution in [0.3, 0.4) is 0 Å². The number of fused-ring (bicyclic) bond motifs is 1. The molecule has 0 saturated heterocycles. The van der Waals surface area contributed by atoms with Crippen molar-refractivity contribution in [2.75, 3.05) is 0 Å². The quantitative estimate of drug-likeness (QED) is 0.305. The van der Waals surface area contributed by atoms with Crippen molar-refractivity contribution in [2.24, 2.45) is 5.73 Å². The van der Waals surface area contributed by atoms with Crippen LogP contribution in [-0.2, 0) is 6.42 Å². The summed E-state index contributed by atoms with van der Waals surface area (Å²) in [7, 11) is 0. The van der Waals surface area contributed by atoms with Crippen molar-refractivity contribution in [3.63, 3.8) is 0 Å². The average molecular weight is 555 g/mol. The third kappa shape index (κ3) is 4.74. The van der Waals surface area contributed by atoms with E-state index in [-0.39, 0.29) is 5.56 Å². The highest BCUT2D eigenvalue weighted by Crippen LogP contribution is 2.31. The average Bonchev–Trinajstić information content (AvgIpc) is 3.63. The maximum Gasteiger partial charge on any atom is 0.252 e. The number of benzene rings is 3. The maximum absolute atomic E-state index is 15.9. The third-order valence-corrected chi connectivity index (χ3v) is 6.82. The Morgan fingerprint density at radius 1 is 1.05 bits per heavy atom. The summed E-state index contributed by atoms with van der Waals surface area (Å²) in [6.45, 7) is 0. The van der Waals surface area contributed by atoms with Crippen LogP contribution >= 0.6 is 11.6 Å². The summed E-state index contributed by atoms with van der Waals surface area (Å²) in [6, 6.07) is 19.7. The minimum Gasteiger partial charge on any atom is -0.366 e. The molecule has 40 heavy (non-hydrogen) atoms. The number of carbonyl (C=O) groups is 1. The van der Waals surface area contributed by atoms with Crippen LogP contribution in [0.1, 0.15) is 27.8 Å². The first-order valence-electron chi connectivity index (χ1n) is 12.2. The number of aromatic amines is 1. The van der Waals surface area contributed by atoms with Gasteiger partial charge in [0.05, 0.1) is 22.8 Å². The molecular formula is C28H20ClFN8O2. The number of halogens is 2. The first-order valence-corrected chi connectivity index (χ1v) is 12.5. The van der Waals surface area contributed by atoms with Crippen molar-refractivity contribution >= 4 is 28.5 Å². The van der Waals surface area contributed by atoms with E-state index in [1.807, 2.05) is 30.3 Å². The van der Waals surface area contributed by atoms with Gasteiger partial charge in [0.1, 0.15) is 18.0 Å². The largest absolute Gasteiger partial charge is 0.366 e. The second kappa shape index (κ2) is 10.2. The van der Waals surface area contributed by atoms with E-state index in [1.165, 1.54) is 21.6 Å². The lowest BCUT2D eigenvalue weighted by atomic mass is 10.0. The van der Waals surface area contributed by atoms with Crippen molar-refractivity contribution in [3.8, 4) is 16.8 Å². The molecule has 3 N–H and O–H groups in total. The van der Waals surface area contributed by atoms with Gasteiger partial charge in [-0.05, 0) is 52.4 Å². The molecule has 0 bridgehead atoms. The molecule has 0 aliphatic rings. The van der Waals surface area contributed by atoms with E-state index in [9.17, 15) is 9.59 Å². The van der Waals surface area contributed by atoms with E-state index in [2.05, 4.69) is 25.5 Å². The van der Waals surface area contributed by atoms with Gasteiger partial charge in [-0.25, -0.2) is 9.37 Å². The zero-order chi connectivity index (χ0) is 27.8. The molecule has 0 spiro atoms. The minimum atomic E-state index is -0.693. The summed E-state index contributed by atoms with van der Waals surface area (Å²) in [4.78, 5) is 33.2. The van der Waals surface area contributed by atoms with Gasteiger partial charge >= 0.3 is 0 Å². The highest BCUT2D eigenvalue weighted by atomic mass is 35.5. The normalized spacial score (nSPS) is 12.1. The first-order chi connectivity index (χ1) is 19.4. The number of nitrogens with one attached hydrogen (secondary N) is 1. The Bertz CT molecular complexity index is 1920. The molecule has 0 saturated carbocycles. The van der Waals surface area contributed by atoms with Gasteiger partial charge in [-0.3, -0.25) is 9.59 Å². The molecule has 0 fully saturated rings. The van der Waals surface area contributed by atoms with Gasteiger partial charge in [0.25, 0.3) is 5.56 Å². The van der Waals surface area contributed by atoms with Crippen LogP contribution < -0.4 is 11.3 Å². The molecule has 1 amide bonds. The summed E-state index contributed by atoms with van der Waals surface area (Å²) in [6.07, 6.45) is 2.87. The number of carbonyl (C=O) groups excluding carboxylic acids is 1. The number of pyridine rings is 1. The molecule has 0 aliphatic carbocycles. The number of amides is 1. The molecule has 3 aromatic carbocycles. The molecule has 6 aromatic rings. The topological polar surface area (TPSA) is 137 Å². The van der Waals surface area contributed by atoms with Crippen LogP contribution in [-0.4, -0.2) is 40.6 Å². The molecule has 6 rings (SSSR count). The van der Waals surface area contributed by atoms with Crippen molar-refractivity contribution < 1.29 is 9.18 Å². The number of nitrogens with zero attached hydrogens (tertiary/aromatic N) is 6. The van der Waals surface area contributed by atoms with Crippen LogP contribution in [0.25, 0.3) is 27.8 Å². The molecule has 1 unspecified atom stereocenters. The fourth-order valence-corrected chi connectivity index (χ4v) is 4.84. The summed E-state index contributed by atoms with van der Waals surface area (Å²) in [5, 5.41) is 11.5. The van der Waals surface area contributed by atoms with E-state index in [0.717, 1.165) is 11.8 Å². The first kappa shape index (κ1) is 25.1.